The van der Waals surface area contributed by atoms with Crippen molar-refractivity contribution in [2.45, 2.75) is 36.7 Å². The molecular weight excluding hydrogens is 426 g/mol. The van der Waals surface area contributed by atoms with Crippen molar-refractivity contribution in [3.05, 3.63) is 71.3 Å². The molecule has 0 radical (unpaired) electrons. The van der Waals surface area contributed by atoms with Gasteiger partial charge in [0.2, 0.25) is 10.0 Å². The van der Waals surface area contributed by atoms with E-state index < -0.39 is 10.0 Å². The van der Waals surface area contributed by atoms with Gasteiger partial charge in [-0.1, -0.05) is 23.7 Å². The first-order chi connectivity index (χ1) is 14.3. The summed E-state index contributed by atoms with van der Waals surface area (Å²) in [7, 11) is -3.77. The standard InChI is InChI=1S/C20H20ClN5O3S/c1-13(14-2-7-17(8-3-14)26-12-22-11-23-26)24-20(27)15-4-9-18(21)19(10-15)30(28,29)25-16-5-6-16/h2-4,7-13,16,25H,5-6H2,1H3,(H,24,27). The Balaban J connectivity index is 1.48. The molecular formula is C20H20ClN5O3S. The van der Waals surface area contributed by atoms with Crippen LogP contribution >= 0.6 is 11.6 Å². The van der Waals surface area contributed by atoms with Crippen LogP contribution in [0.3, 0.4) is 0 Å². The lowest BCUT2D eigenvalue weighted by atomic mass is 10.1. The largest absolute Gasteiger partial charge is 0.346 e. The summed E-state index contributed by atoms with van der Waals surface area (Å²) in [6, 6.07) is 11.4. The van der Waals surface area contributed by atoms with Crippen LogP contribution in [0.25, 0.3) is 5.69 Å². The summed E-state index contributed by atoms with van der Waals surface area (Å²) in [5.74, 6) is -0.387. The van der Waals surface area contributed by atoms with Gasteiger partial charge in [0.15, 0.2) is 0 Å². The third-order valence-corrected chi connectivity index (χ3v) is 6.81. The van der Waals surface area contributed by atoms with Crippen molar-refractivity contribution in [2.75, 3.05) is 0 Å². The van der Waals surface area contributed by atoms with Gasteiger partial charge in [-0.3, -0.25) is 4.79 Å². The summed E-state index contributed by atoms with van der Waals surface area (Å²) in [5, 5.41) is 7.04. The molecule has 1 aromatic heterocycles. The van der Waals surface area contributed by atoms with E-state index in [4.69, 9.17) is 11.6 Å². The van der Waals surface area contributed by atoms with Crippen LogP contribution in [0.2, 0.25) is 5.02 Å². The van der Waals surface area contributed by atoms with Crippen LogP contribution in [-0.2, 0) is 10.0 Å². The highest BCUT2D eigenvalue weighted by Crippen LogP contribution is 2.27. The predicted octanol–water partition coefficient (Wildman–Crippen LogP) is 2.85. The molecule has 4 rings (SSSR count). The van der Waals surface area contributed by atoms with Crippen LogP contribution in [0.4, 0.5) is 0 Å². The zero-order valence-electron chi connectivity index (χ0n) is 16.1. The molecule has 1 saturated carbocycles. The van der Waals surface area contributed by atoms with E-state index in [9.17, 15) is 13.2 Å². The summed E-state index contributed by atoms with van der Waals surface area (Å²) in [4.78, 5) is 16.5. The summed E-state index contributed by atoms with van der Waals surface area (Å²) >= 11 is 6.09. The summed E-state index contributed by atoms with van der Waals surface area (Å²) < 4.78 is 29.2. The van der Waals surface area contributed by atoms with Crippen LogP contribution in [0.5, 0.6) is 0 Å². The fourth-order valence-electron chi connectivity index (χ4n) is 2.96. The lowest BCUT2D eigenvalue weighted by Crippen LogP contribution is -2.28. The monoisotopic (exact) mass is 445 g/mol. The normalized spacial score (nSPS) is 15.0. The Morgan fingerprint density at radius 2 is 1.93 bits per heavy atom. The van der Waals surface area contributed by atoms with Crippen LogP contribution in [0, 0.1) is 0 Å². The first-order valence-electron chi connectivity index (χ1n) is 9.41. The molecule has 1 atom stereocenters. The highest BCUT2D eigenvalue weighted by molar-refractivity contribution is 7.89. The van der Waals surface area contributed by atoms with Crippen molar-refractivity contribution in [2.24, 2.45) is 0 Å². The SMILES string of the molecule is CC(NC(=O)c1ccc(Cl)c(S(=O)(=O)NC2CC2)c1)c1ccc(-n2cncn2)cc1. The topological polar surface area (TPSA) is 106 Å². The zero-order valence-corrected chi connectivity index (χ0v) is 17.7. The van der Waals surface area contributed by atoms with Crippen molar-refractivity contribution in [1.29, 1.82) is 0 Å². The van der Waals surface area contributed by atoms with Crippen LogP contribution in [-0.4, -0.2) is 35.1 Å². The van der Waals surface area contributed by atoms with Gasteiger partial charge < -0.3 is 5.32 Å². The fraction of sp³-hybridized carbons (Fsp3) is 0.250. The zero-order chi connectivity index (χ0) is 21.3. The molecule has 1 heterocycles. The highest BCUT2D eigenvalue weighted by Gasteiger charge is 2.29. The third kappa shape index (κ3) is 4.53. The molecule has 1 amide bonds. The molecule has 1 aliphatic rings. The quantitative estimate of drug-likeness (QED) is 0.581. The average molecular weight is 446 g/mol. The number of nitrogens with zero attached hydrogens (tertiary/aromatic N) is 3. The number of rotatable bonds is 7. The van der Waals surface area contributed by atoms with E-state index in [0.717, 1.165) is 24.1 Å². The van der Waals surface area contributed by atoms with Crippen LogP contribution < -0.4 is 10.0 Å². The smallest absolute Gasteiger partial charge is 0.251 e. The van der Waals surface area contributed by atoms with Gasteiger partial charge in [-0.05, 0) is 55.7 Å². The van der Waals surface area contributed by atoms with Crippen LogP contribution in [0.15, 0.2) is 60.0 Å². The minimum absolute atomic E-state index is 0.0518. The maximum absolute atomic E-state index is 12.7. The Labute approximate surface area is 179 Å². The number of carbonyl (C=O) groups excluding carboxylic acids is 1. The maximum atomic E-state index is 12.7. The molecule has 0 aliphatic heterocycles. The van der Waals surface area contributed by atoms with Crippen molar-refractivity contribution in [3.63, 3.8) is 0 Å². The van der Waals surface area contributed by atoms with Crippen molar-refractivity contribution < 1.29 is 13.2 Å². The van der Waals surface area contributed by atoms with Crippen LogP contribution in [0.1, 0.15) is 41.7 Å². The number of halogens is 1. The van der Waals surface area contributed by atoms with E-state index in [1.54, 1.807) is 11.0 Å². The molecule has 0 saturated heterocycles. The first kappa shape index (κ1) is 20.5. The minimum atomic E-state index is -3.77. The average Bonchev–Trinajstić information content (AvgIpc) is 3.35. The second kappa shape index (κ2) is 8.17. The number of carbonyl (C=O) groups is 1. The number of sulfonamides is 1. The summed E-state index contributed by atoms with van der Waals surface area (Å²) in [6.07, 6.45) is 4.68. The van der Waals surface area contributed by atoms with Gasteiger partial charge in [-0.2, -0.15) is 5.10 Å². The number of hydrogen-bond donors (Lipinski definition) is 2. The number of nitrogens with one attached hydrogen (secondary N) is 2. The Morgan fingerprint density at radius 1 is 1.20 bits per heavy atom. The fourth-order valence-corrected chi connectivity index (χ4v) is 4.79. The molecule has 2 N–H and O–H groups in total. The van der Waals surface area contributed by atoms with E-state index >= 15 is 0 Å². The molecule has 1 fully saturated rings. The van der Waals surface area contributed by atoms with Gasteiger partial charge in [0.05, 0.1) is 16.8 Å². The molecule has 2 aromatic carbocycles. The second-order valence-corrected chi connectivity index (χ2v) is 9.26. The number of aromatic nitrogens is 3. The molecule has 8 nitrogen and oxygen atoms in total. The Kier molecular flexibility index (Phi) is 5.59. The molecule has 156 valence electrons. The lowest BCUT2D eigenvalue weighted by Gasteiger charge is -2.16. The molecule has 10 heteroatoms. The van der Waals surface area contributed by atoms with Gasteiger partial charge in [0, 0.05) is 11.6 Å². The third-order valence-electron chi connectivity index (χ3n) is 4.81. The molecule has 0 spiro atoms. The Bertz CT molecular complexity index is 1160. The number of benzene rings is 2. The molecule has 0 bridgehead atoms. The Morgan fingerprint density at radius 3 is 2.57 bits per heavy atom. The van der Waals surface area contributed by atoms with E-state index in [0.29, 0.717) is 0 Å². The number of hydrogen-bond acceptors (Lipinski definition) is 5. The van der Waals surface area contributed by atoms with Gasteiger partial charge >= 0.3 is 0 Å². The molecule has 1 unspecified atom stereocenters. The molecule has 1 aliphatic carbocycles. The maximum Gasteiger partial charge on any atom is 0.251 e. The van der Waals surface area contributed by atoms with E-state index in [1.165, 1.54) is 24.5 Å². The van der Waals surface area contributed by atoms with Gasteiger partial charge in [0.1, 0.15) is 17.6 Å². The minimum Gasteiger partial charge on any atom is -0.346 e. The van der Waals surface area contributed by atoms with Gasteiger partial charge in [0.25, 0.3) is 5.91 Å². The first-order valence-corrected chi connectivity index (χ1v) is 11.3. The van der Waals surface area contributed by atoms with E-state index in [2.05, 4.69) is 20.1 Å². The second-order valence-electron chi connectivity index (χ2n) is 7.17. The Hall–Kier alpha value is -2.75. The van der Waals surface area contributed by atoms with E-state index in [-0.39, 0.29) is 33.5 Å². The lowest BCUT2D eigenvalue weighted by molar-refractivity contribution is 0.0939. The van der Waals surface area contributed by atoms with Gasteiger partial charge in [-0.25, -0.2) is 22.8 Å². The van der Waals surface area contributed by atoms with E-state index in [1.807, 2.05) is 31.2 Å². The van der Waals surface area contributed by atoms with Crippen molar-refractivity contribution in [1.82, 2.24) is 24.8 Å². The highest BCUT2D eigenvalue weighted by atomic mass is 35.5. The summed E-state index contributed by atoms with van der Waals surface area (Å²) in [6.45, 7) is 1.85. The van der Waals surface area contributed by atoms with Crippen molar-refractivity contribution >= 4 is 27.5 Å². The van der Waals surface area contributed by atoms with Crippen molar-refractivity contribution in [3.8, 4) is 5.69 Å². The predicted molar refractivity (Wildman–Crippen MR) is 112 cm³/mol. The molecule has 3 aromatic rings. The summed E-state index contributed by atoms with van der Waals surface area (Å²) in [5.41, 5.74) is 1.97. The molecule has 30 heavy (non-hydrogen) atoms. The van der Waals surface area contributed by atoms with Gasteiger partial charge in [-0.15, -0.1) is 0 Å². The number of amides is 1.